The van der Waals surface area contributed by atoms with Gasteiger partial charge < -0.3 is 10.5 Å². The average molecular weight is 129 g/mol. The van der Waals surface area contributed by atoms with Gasteiger partial charge in [-0.15, -0.1) is 0 Å². The number of carbonyl (C=O) groups excluding carboxylic acids is 2. The summed E-state index contributed by atoms with van der Waals surface area (Å²) in [5, 5.41) is 0. The highest BCUT2D eigenvalue weighted by Crippen LogP contribution is 1.76. The lowest BCUT2D eigenvalue weighted by molar-refractivity contribution is -0.135. The topological polar surface area (TPSA) is 69.4 Å². The minimum Gasteiger partial charge on any atom is -0.434 e. The summed E-state index contributed by atoms with van der Waals surface area (Å²) in [6, 6.07) is 0. The first kappa shape index (κ1) is 7.68. The van der Waals surface area contributed by atoms with Crippen molar-refractivity contribution in [1.82, 2.24) is 0 Å². The standard InChI is InChI=1S/C5H7NO3/c1-4(7)9-3-2-5(6)8/h2-3H,1H3,(H2,6,8). The zero-order valence-electron chi connectivity index (χ0n) is 4.96. The van der Waals surface area contributed by atoms with Crippen LogP contribution in [0.3, 0.4) is 0 Å². The van der Waals surface area contributed by atoms with Gasteiger partial charge in [0.05, 0.1) is 6.26 Å². The first-order valence-electron chi connectivity index (χ1n) is 2.26. The van der Waals surface area contributed by atoms with Gasteiger partial charge >= 0.3 is 5.97 Å². The molecule has 0 aliphatic heterocycles. The number of rotatable bonds is 2. The lowest BCUT2D eigenvalue weighted by Gasteiger charge is -1.86. The molecule has 0 rings (SSSR count). The highest BCUT2D eigenvalue weighted by atomic mass is 16.5. The molecular weight excluding hydrogens is 122 g/mol. The van der Waals surface area contributed by atoms with Gasteiger partial charge in [0, 0.05) is 13.0 Å². The Morgan fingerprint density at radius 1 is 1.56 bits per heavy atom. The maximum absolute atomic E-state index is 10.00. The van der Waals surface area contributed by atoms with Crippen molar-refractivity contribution in [2.75, 3.05) is 0 Å². The van der Waals surface area contributed by atoms with E-state index in [2.05, 4.69) is 10.5 Å². The first-order chi connectivity index (χ1) is 4.13. The largest absolute Gasteiger partial charge is 0.434 e. The van der Waals surface area contributed by atoms with Gasteiger partial charge in [-0.05, 0) is 0 Å². The molecule has 0 saturated heterocycles. The molecule has 50 valence electrons. The number of hydrogen-bond acceptors (Lipinski definition) is 3. The minimum absolute atomic E-state index is 0.479. The maximum Gasteiger partial charge on any atom is 0.307 e. The molecular formula is C5H7NO3. The summed E-state index contributed by atoms with van der Waals surface area (Å²) in [6.07, 6.45) is 1.91. The SMILES string of the molecule is CC(=O)OC=CC(N)=O. The van der Waals surface area contributed by atoms with E-state index in [0.29, 0.717) is 0 Å². The molecule has 0 aromatic heterocycles. The molecule has 0 aromatic carbocycles. The summed E-state index contributed by atoms with van der Waals surface area (Å²) in [5.41, 5.74) is 4.66. The van der Waals surface area contributed by atoms with E-state index in [1.54, 1.807) is 0 Å². The van der Waals surface area contributed by atoms with Crippen molar-refractivity contribution in [2.45, 2.75) is 6.92 Å². The van der Waals surface area contributed by atoms with E-state index in [-0.39, 0.29) is 0 Å². The van der Waals surface area contributed by atoms with E-state index in [0.717, 1.165) is 12.3 Å². The van der Waals surface area contributed by atoms with E-state index in [9.17, 15) is 9.59 Å². The predicted octanol–water partition coefficient (Wildman–Crippen LogP) is -0.451. The van der Waals surface area contributed by atoms with Crippen LogP contribution in [0.15, 0.2) is 12.3 Å². The predicted molar refractivity (Wildman–Crippen MR) is 30.1 cm³/mol. The Bertz CT molecular complexity index is 150. The van der Waals surface area contributed by atoms with Crippen LogP contribution in [0, 0.1) is 0 Å². The third kappa shape index (κ3) is 6.68. The van der Waals surface area contributed by atoms with Crippen LogP contribution in [0.2, 0.25) is 0 Å². The normalized spacial score (nSPS) is 9.44. The quantitative estimate of drug-likeness (QED) is 0.312. The fraction of sp³-hybridized carbons (Fsp3) is 0.200. The molecule has 2 N–H and O–H groups in total. The summed E-state index contributed by atoms with van der Waals surface area (Å²) in [6.45, 7) is 1.23. The number of primary amides is 1. The second kappa shape index (κ2) is 3.65. The molecule has 0 saturated carbocycles. The Hall–Kier alpha value is -1.32. The lowest BCUT2D eigenvalue weighted by Crippen LogP contribution is -2.06. The Kier molecular flexibility index (Phi) is 3.12. The van der Waals surface area contributed by atoms with Gasteiger partial charge in [0.1, 0.15) is 0 Å². The summed E-state index contributed by atoms with van der Waals surface area (Å²) in [7, 11) is 0. The Labute approximate surface area is 52.3 Å². The van der Waals surface area contributed by atoms with Crippen LogP contribution in [0.4, 0.5) is 0 Å². The van der Waals surface area contributed by atoms with Crippen LogP contribution in [-0.4, -0.2) is 11.9 Å². The molecule has 1 amide bonds. The highest BCUT2D eigenvalue weighted by molar-refractivity contribution is 5.85. The van der Waals surface area contributed by atoms with Crippen LogP contribution in [0.1, 0.15) is 6.92 Å². The zero-order chi connectivity index (χ0) is 7.28. The molecule has 0 fully saturated rings. The van der Waals surface area contributed by atoms with Gasteiger partial charge in [0.2, 0.25) is 5.91 Å². The summed E-state index contributed by atoms with van der Waals surface area (Å²) >= 11 is 0. The molecule has 4 heteroatoms. The van der Waals surface area contributed by atoms with E-state index in [4.69, 9.17) is 0 Å². The van der Waals surface area contributed by atoms with Gasteiger partial charge in [-0.3, -0.25) is 9.59 Å². The van der Waals surface area contributed by atoms with E-state index < -0.39 is 11.9 Å². The molecule has 0 bridgehead atoms. The molecule has 9 heavy (non-hydrogen) atoms. The minimum atomic E-state index is -0.642. The van der Waals surface area contributed by atoms with Gasteiger partial charge in [0.25, 0.3) is 0 Å². The molecule has 0 spiro atoms. The van der Waals surface area contributed by atoms with E-state index >= 15 is 0 Å². The number of hydrogen-bond donors (Lipinski definition) is 1. The first-order valence-corrected chi connectivity index (χ1v) is 2.26. The van der Waals surface area contributed by atoms with Crippen molar-refractivity contribution in [3.05, 3.63) is 12.3 Å². The second-order valence-corrected chi connectivity index (χ2v) is 1.31. The maximum atomic E-state index is 10.00. The van der Waals surface area contributed by atoms with Crippen molar-refractivity contribution in [2.24, 2.45) is 5.73 Å². The van der Waals surface area contributed by atoms with Gasteiger partial charge in [0.15, 0.2) is 0 Å². The fourth-order valence-electron chi connectivity index (χ4n) is 0.197. The van der Waals surface area contributed by atoms with Crippen molar-refractivity contribution in [3.8, 4) is 0 Å². The van der Waals surface area contributed by atoms with Gasteiger partial charge in [-0.1, -0.05) is 0 Å². The smallest absolute Gasteiger partial charge is 0.307 e. The molecule has 0 aliphatic carbocycles. The van der Waals surface area contributed by atoms with E-state index in [1.807, 2.05) is 0 Å². The van der Waals surface area contributed by atoms with Crippen LogP contribution < -0.4 is 5.73 Å². The molecule has 0 aliphatic rings. The Morgan fingerprint density at radius 2 is 2.11 bits per heavy atom. The van der Waals surface area contributed by atoms with Crippen LogP contribution >= 0.6 is 0 Å². The van der Waals surface area contributed by atoms with Crippen molar-refractivity contribution in [3.63, 3.8) is 0 Å². The number of carbonyl (C=O) groups is 2. The zero-order valence-corrected chi connectivity index (χ0v) is 4.96. The second-order valence-electron chi connectivity index (χ2n) is 1.31. The van der Waals surface area contributed by atoms with Crippen molar-refractivity contribution < 1.29 is 14.3 Å². The van der Waals surface area contributed by atoms with Crippen LogP contribution in [0.25, 0.3) is 0 Å². The van der Waals surface area contributed by atoms with Gasteiger partial charge in [-0.2, -0.15) is 0 Å². The number of esters is 1. The third-order valence-electron chi connectivity index (χ3n) is 0.466. The van der Waals surface area contributed by atoms with Crippen LogP contribution in [0.5, 0.6) is 0 Å². The Balaban J connectivity index is 3.48. The molecule has 0 heterocycles. The number of nitrogens with two attached hydrogens (primary N) is 1. The molecule has 4 nitrogen and oxygen atoms in total. The average Bonchev–Trinajstić information content (AvgIpc) is 1.63. The number of amides is 1. The summed E-state index contributed by atoms with van der Waals surface area (Å²) in [4.78, 5) is 19.9. The van der Waals surface area contributed by atoms with Crippen molar-refractivity contribution in [1.29, 1.82) is 0 Å². The summed E-state index contributed by atoms with van der Waals surface area (Å²) in [5.74, 6) is -1.12. The van der Waals surface area contributed by atoms with Crippen LogP contribution in [-0.2, 0) is 14.3 Å². The molecule has 0 atom stereocenters. The molecule has 0 radical (unpaired) electrons. The van der Waals surface area contributed by atoms with Gasteiger partial charge in [-0.25, -0.2) is 0 Å². The fourth-order valence-corrected chi connectivity index (χ4v) is 0.197. The van der Waals surface area contributed by atoms with E-state index in [1.165, 1.54) is 6.92 Å². The highest BCUT2D eigenvalue weighted by Gasteiger charge is 1.85. The third-order valence-corrected chi connectivity index (χ3v) is 0.466. The summed E-state index contributed by atoms with van der Waals surface area (Å²) < 4.78 is 4.23. The monoisotopic (exact) mass is 129 g/mol. The molecule has 0 aromatic rings. The van der Waals surface area contributed by atoms with Crippen molar-refractivity contribution >= 4 is 11.9 Å². The Morgan fingerprint density at radius 3 is 2.44 bits per heavy atom. The lowest BCUT2D eigenvalue weighted by atomic mass is 10.6. The molecule has 0 unspecified atom stereocenters. The number of ether oxygens (including phenoxy) is 1.